The van der Waals surface area contributed by atoms with Crippen molar-refractivity contribution in [2.75, 3.05) is 6.54 Å². The molecule has 0 aromatic rings. The number of rotatable bonds is 11. The summed E-state index contributed by atoms with van der Waals surface area (Å²) in [7, 11) is 0. The van der Waals surface area contributed by atoms with Gasteiger partial charge in [0.15, 0.2) is 0 Å². The Hall–Kier alpha value is -0.530. The smallest absolute Gasteiger partial charge is 0.223 e. The molecule has 0 unspecified atom stereocenters. The topological polar surface area (TPSA) is 20.3 Å². The lowest BCUT2D eigenvalue weighted by Crippen LogP contribution is -2.51. The van der Waals surface area contributed by atoms with Crippen LogP contribution >= 0.6 is 0 Å². The zero-order valence-corrected chi connectivity index (χ0v) is 14.8. The molecule has 2 heteroatoms. The van der Waals surface area contributed by atoms with Gasteiger partial charge in [0.05, 0.1) is 0 Å². The molecule has 1 aliphatic rings. The Morgan fingerprint density at radius 2 is 1.48 bits per heavy atom. The van der Waals surface area contributed by atoms with Crippen molar-refractivity contribution in [3.05, 3.63) is 0 Å². The first-order chi connectivity index (χ1) is 10.1. The Morgan fingerprint density at radius 3 is 1.95 bits per heavy atom. The van der Waals surface area contributed by atoms with E-state index >= 15 is 0 Å². The Balaban J connectivity index is 2.55. The van der Waals surface area contributed by atoms with Gasteiger partial charge in [-0.05, 0) is 32.6 Å². The van der Waals surface area contributed by atoms with Crippen LogP contribution in [-0.4, -0.2) is 22.9 Å². The molecule has 1 amide bonds. The average Bonchev–Trinajstić information content (AvgIpc) is 2.49. The van der Waals surface area contributed by atoms with Crippen molar-refractivity contribution in [2.45, 2.75) is 110 Å². The van der Waals surface area contributed by atoms with Crippen LogP contribution in [-0.2, 0) is 4.79 Å². The monoisotopic (exact) mass is 295 g/mol. The van der Waals surface area contributed by atoms with Gasteiger partial charge in [0.2, 0.25) is 5.91 Å². The molecule has 1 aliphatic heterocycles. The minimum absolute atomic E-state index is 0.124. The first kappa shape index (κ1) is 18.5. The van der Waals surface area contributed by atoms with E-state index in [1.54, 1.807) is 0 Å². The van der Waals surface area contributed by atoms with Gasteiger partial charge >= 0.3 is 0 Å². The second-order valence-electron chi connectivity index (χ2n) is 7.12. The molecule has 0 aromatic carbocycles. The predicted octanol–water partition coefficient (Wildman–Crippen LogP) is 5.70. The molecule has 0 saturated carbocycles. The van der Waals surface area contributed by atoms with Crippen LogP contribution in [0.4, 0.5) is 0 Å². The summed E-state index contributed by atoms with van der Waals surface area (Å²) >= 11 is 0. The van der Waals surface area contributed by atoms with Crippen molar-refractivity contribution in [2.24, 2.45) is 0 Å². The molecule has 1 heterocycles. The van der Waals surface area contributed by atoms with Crippen molar-refractivity contribution in [3.8, 4) is 0 Å². The predicted molar refractivity (Wildman–Crippen MR) is 91.5 cm³/mol. The van der Waals surface area contributed by atoms with E-state index < -0.39 is 0 Å². The van der Waals surface area contributed by atoms with Gasteiger partial charge in [0.1, 0.15) is 0 Å². The molecule has 0 aromatic heterocycles. The number of amides is 1. The van der Waals surface area contributed by atoms with Gasteiger partial charge in [0.25, 0.3) is 0 Å². The van der Waals surface area contributed by atoms with E-state index in [0.29, 0.717) is 5.91 Å². The number of unbranched alkanes of at least 4 members (excludes halogenated alkanes) is 6. The molecule has 0 spiro atoms. The quantitative estimate of drug-likeness (QED) is 0.448. The molecule has 1 saturated heterocycles. The van der Waals surface area contributed by atoms with E-state index in [1.165, 1.54) is 70.6 Å². The van der Waals surface area contributed by atoms with Crippen LogP contribution in [0.3, 0.4) is 0 Å². The zero-order valence-electron chi connectivity index (χ0n) is 14.8. The van der Waals surface area contributed by atoms with Crippen molar-refractivity contribution >= 4 is 5.91 Å². The van der Waals surface area contributed by atoms with Gasteiger partial charge in [-0.25, -0.2) is 0 Å². The molecule has 0 atom stereocenters. The van der Waals surface area contributed by atoms with Crippen LogP contribution in [0.25, 0.3) is 0 Å². The van der Waals surface area contributed by atoms with Gasteiger partial charge in [-0.1, -0.05) is 65.2 Å². The average molecular weight is 296 g/mol. The first-order valence-corrected chi connectivity index (χ1v) is 9.44. The van der Waals surface area contributed by atoms with Crippen molar-refractivity contribution < 1.29 is 4.79 Å². The molecule has 0 bridgehead atoms. The van der Waals surface area contributed by atoms with E-state index in [0.717, 1.165) is 19.4 Å². The van der Waals surface area contributed by atoms with E-state index in [-0.39, 0.29) is 5.54 Å². The normalized spacial score (nSPS) is 16.5. The number of piperidine rings is 1. The number of hydrogen-bond acceptors (Lipinski definition) is 1. The van der Waals surface area contributed by atoms with Gasteiger partial charge in [-0.3, -0.25) is 4.79 Å². The lowest BCUT2D eigenvalue weighted by Gasteiger charge is -2.44. The van der Waals surface area contributed by atoms with Crippen molar-refractivity contribution in [3.63, 3.8) is 0 Å². The highest BCUT2D eigenvalue weighted by Crippen LogP contribution is 2.32. The minimum atomic E-state index is 0.124. The number of carbonyl (C=O) groups excluding carboxylic acids is 1. The maximum atomic E-state index is 12.3. The summed E-state index contributed by atoms with van der Waals surface area (Å²) in [5.41, 5.74) is 0.124. The molecule has 0 aliphatic carbocycles. The van der Waals surface area contributed by atoms with Crippen LogP contribution in [0, 0.1) is 0 Å². The summed E-state index contributed by atoms with van der Waals surface area (Å²) in [5, 5.41) is 0. The van der Waals surface area contributed by atoms with E-state index in [2.05, 4.69) is 25.7 Å². The third-order valence-corrected chi connectivity index (χ3v) is 5.11. The van der Waals surface area contributed by atoms with Crippen LogP contribution < -0.4 is 0 Å². The fraction of sp³-hybridized carbons (Fsp3) is 0.947. The Kier molecular flexibility index (Phi) is 9.03. The summed E-state index contributed by atoms with van der Waals surface area (Å²) < 4.78 is 0. The Bertz CT molecular complexity index is 275. The molecule has 1 rings (SSSR count). The third kappa shape index (κ3) is 6.40. The third-order valence-electron chi connectivity index (χ3n) is 5.11. The molecule has 1 fully saturated rings. The van der Waals surface area contributed by atoms with Crippen molar-refractivity contribution in [1.29, 1.82) is 0 Å². The fourth-order valence-electron chi connectivity index (χ4n) is 3.64. The lowest BCUT2D eigenvalue weighted by atomic mass is 9.85. The van der Waals surface area contributed by atoms with Gasteiger partial charge < -0.3 is 4.90 Å². The summed E-state index contributed by atoms with van der Waals surface area (Å²) in [6.07, 6.45) is 15.9. The molecule has 0 N–H and O–H groups in total. The van der Waals surface area contributed by atoms with E-state index in [4.69, 9.17) is 0 Å². The van der Waals surface area contributed by atoms with E-state index in [9.17, 15) is 4.79 Å². The minimum Gasteiger partial charge on any atom is -0.337 e. The molecule has 124 valence electrons. The van der Waals surface area contributed by atoms with Crippen LogP contribution in [0.15, 0.2) is 0 Å². The molecule has 2 nitrogen and oxygen atoms in total. The number of nitrogens with zero attached hydrogens (tertiary/aromatic N) is 1. The Morgan fingerprint density at radius 1 is 0.905 bits per heavy atom. The molecule has 21 heavy (non-hydrogen) atoms. The van der Waals surface area contributed by atoms with Gasteiger partial charge in [0, 0.05) is 18.5 Å². The maximum Gasteiger partial charge on any atom is 0.223 e. The molecular weight excluding hydrogens is 258 g/mol. The number of likely N-dealkylation sites (tertiary alicyclic amines) is 1. The first-order valence-electron chi connectivity index (χ1n) is 9.44. The lowest BCUT2D eigenvalue weighted by molar-refractivity contribution is -0.140. The highest BCUT2D eigenvalue weighted by molar-refractivity contribution is 5.77. The summed E-state index contributed by atoms with van der Waals surface area (Å²) in [5.74, 6) is 0.412. The second-order valence-corrected chi connectivity index (χ2v) is 7.12. The zero-order chi connectivity index (χ0) is 15.6. The fourth-order valence-corrected chi connectivity index (χ4v) is 3.64. The number of hydrogen-bond donors (Lipinski definition) is 0. The molecule has 0 radical (unpaired) electrons. The Labute approximate surface area is 132 Å². The second kappa shape index (κ2) is 10.2. The molecular formula is C19H37NO. The van der Waals surface area contributed by atoms with Crippen molar-refractivity contribution in [1.82, 2.24) is 4.90 Å². The highest BCUT2D eigenvalue weighted by Gasteiger charge is 2.35. The van der Waals surface area contributed by atoms with Crippen LogP contribution in [0.5, 0.6) is 0 Å². The highest BCUT2D eigenvalue weighted by atomic mass is 16.2. The summed E-state index contributed by atoms with van der Waals surface area (Å²) in [4.78, 5) is 14.6. The van der Waals surface area contributed by atoms with Crippen LogP contribution in [0.2, 0.25) is 0 Å². The van der Waals surface area contributed by atoms with Gasteiger partial charge in [-0.2, -0.15) is 0 Å². The summed E-state index contributed by atoms with van der Waals surface area (Å²) in [6, 6.07) is 0. The SMILES string of the molecule is CCCCCCC(C)(CCCCCC)N1CCCCC1=O. The largest absolute Gasteiger partial charge is 0.337 e. The standard InChI is InChI=1S/C19H37NO/c1-4-6-8-11-15-19(3,16-12-9-7-5-2)20-17-13-10-14-18(20)21/h4-17H2,1-3H3. The van der Waals surface area contributed by atoms with E-state index in [1.807, 2.05) is 0 Å². The maximum absolute atomic E-state index is 12.3. The summed E-state index contributed by atoms with van der Waals surface area (Å²) in [6.45, 7) is 7.88. The van der Waals surface area contributed by atoms with Crippen LogP contribution in [0.1, 0.15) is 104 Å². The number of carbonyl (C=O) groups is 1. The van der Waals surface area contributed by atoms with Gasteiger partial charge in [-0.15, -0.1) is 0 Å².